The molecule has 0 atom stereocenters. The second-order valence-electron chi connectivity index (χ2n) is 5.04. The molecule has 1 saturated carbocycles. The molecule has 0 unspecified atom stereocenters. The van der Waals surface area contributed by atoms with E-state index in [2.05, 4.69) is 15.3 Å². The molecule has 1 aliphatic carbocycles. The number of H-pyrrole nitrogens is 1. The van der Waals surface area contributed by atoms with Crippen molar-refractivity contribution in [2.75, 3.05) is 5.32 Å². The standard InChI is InChI=1S/C13H15ClN4O.ClH/c14-8-4-3-5-9-10(8)17-12(16-9)18-11(19)13(15)6-1-2-7-13;/h3-5H,1-2,6-7,15H2,(H2,16,17,18,19);1H. The zero-order valence-electron chi connectivity index (χ0n) is 10.8. The van der Waals surface area contributed by atoms with Crippen LogP contribution in [-0.4, -0.2) is 21.4 Å². The largest absolute Gasteiger partial charge is 0.324 e. The third-order valence-corrected chi connectivity index (χ3v) is 3.95. The highest BCUT2D eigenvalue weighted by Crippen LogP contribution is 2.29. The van der Waals surface area contributed by atoms with E-state index in [0.717, 1.165) is 31.2 Å². The molecule has 1 fully saturated rings. The first kappa shape index (κ1) is 15.1. The number of halogens is 2. The minimum atomic E-state index is -0.761. The summed E-state index contributed by atoms with van der Waals surface area (Å²) in [6, 6.07) is 5.45. The summed E-state index contributed by atoms with van der Waals surface area (Å²) >= 11 is 6.04. The van der Waals surface area contributed by atoms with Gasteiger partial charge in [-0.2, -0.15) is 0 Å². The number of anilines is 1. The Morgan fingerprint density at radius 2 is 2.10 bits per heavy atom. The number of imidazole rings is 1. The van der Waals surface area contributed by atoms with E-state index in [4.69, 9.17) is 17.3 Å². The Hall–Kier alpha value is -1.30. The zero-order valence-corrected chi connectivity index (χ0v) is 12.4. The number of benzene rings is 1. The summed E-state index contributed by atoms with van der Waals surface area (Å²) in [5, 5.41) is 3.31. The summed E-state index contributed by atoms with van der Waals surface area (Å²) in [6.45, 7) is 0. The number of aromatic nitrogens is 2. The van der Waals surface area contributed by atoms with Crippen LogP contribution in [0.2, 0.25) is 5.02 Å². The van der Waals surface area contributed by atoms with Crippen molar-refractivity contribution >= 4 is 46.9 Å². The van der Waals surface area contributed by atoms with Crippen LogP contribution in [0.5, 0.6) is 0 Å². The quantitative estimate of drug-likeness (QED) is 0.797. The minimum Gasteiger partial charge on any atom is -0.324 e. The Morgan fingerprint density at radius 1 is 1.40 bits per heavy atom. The lowest BCUT2D eigenvalue weighted by Crippen LogP contribution is -2.48. The molecule has 20 heavy (non-hydrogen) atoms. The predicted octanol–water partition coefficient (Wildman–Crippen LogP) is 2.85. The SMILES string of the molecule is Cl.NC1(C(=O)Nc2nc3c(Cl)cccc3[nH]2)CCCC1. The second-order valence-corrected chi connectivity index (χ2v) is 5.45. The average molecular weight is 315 g/mol. The van der Waals surface area contributed by atoms with Crippen molar-refractivity contribution in [1.82, 2.24) is 9.97 Å². The first-order valence-electron chi connectivity index (χ1n) is 6.33. The van der Waals surface area contributed by atoms with E-state index in [-0.39, 0.29) is 18.3 Å². The number of fused-ring (bicyclic) bond motifs is 1. The molecule has 0 aliphatic heterocycles. The Labute approximate surface area is 127 Å². The van der Waals surface area contributed by atoms with Crippen molar-refractivity contribution in [2.45, 2.75) is 31.2 Å². The number of aromatic amines is 1. The molecule has 1 aromatic heterocycles. The van der Waals surface area contributed by atoms with Crippen molar-refractivity contribution in [3.63, 3.8) is 0 Å². The number of rotatable bonds is 2. The van der Waals surface area contributed by atoms with Gasteiger partial charge in [-0.15, -0.1) is 12.4 Å². The third kappa shape index (κ3) is 2.61. The summed E-state index contributed by atoms with van der Waals surface area (Å²) in [7, 11) is 0. The van der Waals surface area contributed by atoms with Crippen LogP contribution in [0.25, 0.3) is 11.0 Å². The lowest BCUT2D eigenvalue weighted by atomic mass is 9.98. The maximum absolute atomic E-state index is 12.2. The van der Waals surface area contributed by atoms with Crippen LogP contribution in [-0.2, 0) is 4.79 Å². The zero-order chi connectivity index (χ0) is 13.5. The van der Waals surface area contributed by atoms with Crippen LogP contribution < -0.4 is 11.1 Å². The van der Waals surface area contributed by atoms with Crippen molar-refractivity contribution < 1.29 is 4.79 Å². The lowest BCUT2D eigenvalue weighted by Gasteiger charge is -2.21. The molecule has 5 nitrogen and oxygen atoms in total. The van der Waals surface area contributed by atoms with E-state index in [1.54, 1.807) is 6.07 Å². The Bertz CT molecular complexity index is 634. The molecule has 0 saturated heterocycles. The summed E-state index contributed by atoms with van der Waals surface area (Å²) in [5.74, 6) is 0.213. The third-order valence-electron chi connectivity index (χ3n) is 3.64. The Kier molecular flexibility index (Phi) is 4.22. The van der Waals surface area contributed by atoms with Gasteiger partial charge in [-0.25, -0.2) is 4.98 Å². The van der Waals surface area contributed by atoms with Gasteiger partial charge in [0.25, 0.3) is 0 Å². The second kappa shape index (κ2) is 5.60. The van der Waals surface area contributed by atoms with Gasteiger partial charge < -0.3 is 10.7 Å². The number of hydrogen-bond acceptors (Lipinski definition) is 3. The number of nitrogens with one attached hydrogen (secondary N) is 2. The molecule has 1 aliphatic rings. The number of carbonyl (C=O) groups is 1. The molecule has 0 bridgehead atoms. The van der Waals surface area contributed by atoms with Gasteiger partial charge in [-0.3, -0.25) is 10.1 Å². The molecule has 108 valence electrons. The summed E-state index contributed by atoms with van der Waals surface area (Å²) in [6.07, 6.45) is 3.44. The highest BCUT2D eigenvalue weighted by Gasteiger charge is 2.37. The number of nitrogens with two attached hydrogens (primary N) is 1. The van der Waals surface area contributed by atoms with E-state index < -0.39 is 5.54 Å². The fraction of sp³-hybridized carbons (Fsp3) is 0.385. The van der Waals surface area contributed by atoms with Gasteiger partial charge in [0, 0.05) is 0 Å². The summed E-state index contributed by atoms with van der Waals surface area (Å²) in [5.41, 5.74) is 6.78. The minimum absolute atomic E-state index is 0. The summed E-state index contributed by atoms with van der Waals surface area (Å²) < 4.78 is 0. The smallest absolute Gasteiger partial charge is 0.246 e. The van der Waals surface area contributed by atoms with Gasteiger partial charge in [0.2, 0.25) is 11.9 Å². The monoisotopic (exact) mass is 314 g/mol. The number of hydrogen-bond donors (Lipinski definition) is 3. The van der Waals surface area contributed by atoms with Crippen LogP contribution in [0.1, 0.15) is 25.7 Å². The molecular weight excluding hydrogens is 299 g/mol. The Balaban J connectivity index is 0.00000147. The predicted molar refractivity (Wildman–Crippen MR) is 82.4 cm³/mol. The average Bonchev–Trinajstić information content (AvgIpc) is 2.97. The van der Waals surface area contributed by atoms with Gasteiger partial charge >= 0.3 is 0 Å². The van der Waals surface area contributed by atoms with Crippen molar-refractivity contribution in [3.05, 3.63) is 23.2 Å². The molecule has 3 rings (SSSR count). The van der Waals surface area contributed by atoms with E-state index in [1.165, 1.54) is 0 Å². The van der Waals surface area contributed by atoms with E-state index in [0.29, 0.717) is 16.5 Å². The van der Waals surface area contributed by atoms with Gasteiger partial charge in [0.1, 0.15) is 5.52 Å². The van der Waals surface area contributed by atoms with Crippen molar-refractivity contribution in [2.24, 2.45) is 5.73 Å². The van der Waals surface area contributed by atoms with Crippen LogP contribution >= 0.6 is 24.0 Å². The van der Waals surface area contributed by atoms with Gasteiger partial charge in [0.05, 0.1) is 16.1 Å². The van der Waals surface area contributed by atoms with E-state index >= 15 is 0 Å². The first-order chi connectivity index (χ1) is 9.08. The molecule has 1 amide bonds. The number of nitrogens with zero attached hydrogens (tertiary/aromatic N) is 1. The fourth-order valence-corrected chi connectivity index (χ4v) is 2.74. The molecule has 4 N–H and O–H groups in total. The van der Waals surface area contributed by atoms with Crippen molar-refractivity contribution in [1.29, 1.82) is 0 Å². The summed E-state index contributed by atoms with van der Waals surface area (Å²) in [4.78, 5) is 19.5. The number of carbonyl (C=O) groups excluding carboxylic acids is 1. The van der Waals surface area contributed by atoms with Crippen LogP contribution in [0.3, 0.4) is 0 Å². The van der Waals surface area contributed by atoms with E-state index in [1.807, 2.05) is 12.1 Å². The molecule has 0 radical (unpaired) electrons. The number of para-hydroxylation sites is 1. The highest BCUT2D eigenvalue weighted by molar-refractivity contribution is 6.35. The van der Waals surface area contributed by atoms with Crippen molar-refractivity contribution in [3.8, 4) is 0 Å². The Morgan fingerprint density at radius 3 is 2.75 bits per heavy atom. The molecule has 1 aromatic carbocycles. The molecular formula is C13H16Cl2N4O. The highest BCUT2D eigenvalue weighted by atomic mass is 35.5. The van der Waals surface area contributed by atoms with Gasteiger partial charge in [-0.1, -0.05) is 30.5 Å². The lowest BCUT2D eigenvalue weighted by molar-refractivity contribution is -0.121. The van der Waals surface area contributed by atoms with Crippen LogP contribution in [0.15, 0.2) is 18.2 Å². The molecule has 7 heteroatoms. The van der Waals surface area contributed by atoms with E-state index in [9.17, 15) is 4.79 Å². The molecule has 0 spiro atoms. The van der Waals surface area contributed by atoms with Crippen LogP contribution in [0.4, 0.5) is 5.95 Å². The maximum Gasteiger partial charge on any atom is 0.246 e. The molecule has 2 aromatic rings. The van der Waals surface area contributed by atoms with Gasteiger partial charge in [-0.05, 0) is 25.0 Å². The van der Waals surface area contributed by atoms with Gasteiger partial charge in [0.15, 0.2) is 0 Å². The first-order valence-corrected chi connectivity index (χ1v) is 6.71. The molecule has 1 heterocycles. The number of amides is 1. The maximum atomic E-state index is 12.2. The fourth-order valence-electron chi connectivity index (χ4n) is 2.52. The normalized spacial score (nSPS) is 16.9. The topological polar surface area (TPSA) is 83.8 Å². The van der Waals surface area contributed by atoms with Crippen LogP contribution in [0, 0.1) is 0 Å².